The van der Waals surface area contributed by atoms with Gasteiger partial charge in [0.15, 0.2) is 0 Å². The van der Waals surface area contributed by atoms with Gasteiger partial charge in [-0.15, -0.1) is 0 Å². The summed E-state index contributed by atoms with van der Waals surface area (Å²) >= 11 is 0. The lowest BCUT2D eigenvalue weighted by molar-refractivity contribution is 0.140. The molecule has 0 bridgehead atoms. The molecule has 1 nitrogen and oxygen atoms in total. The Bertz CT molecular complexity index is 504. The van der Waals surface area contributed by atoms with Gasteiger partial charge in [-0.1, -0.05) is 54.6 Å². The lowest BCUT2D eigenvalue weighted by Gasteiger charge is -2.30. The molecule has 0 amide bonds. The summed E-state index contributed by atoms with van der Waals surface area (Å²) in [6.45, 7) is 0. The summed E-state index contributed by atoms with van der Waals surface area (Å²) in [6.07, 6.45) is 1.59. The van der Waals surface area contributed by atoms with Crippen molar-refractivity contribution in [1.29, 1.82) is 0 Å². The molecular formula is C16H16O. The van der Waals surface area contributed by atoms with E-state index < -0.39 is 0 Å². The molecule has 2 aromatic rings. The van der Waals surface area contributed by atoms with E-state index in [1.807, 2.05) is 18.2 Å². The maximum absolute atomic E-state index is 10.3. The monoisotopic (exact) mass is 224 g/mol. The van der Waals surface area contributed by atoms with Gasteiger partial charge < -0.3 is 5.11 Å². The van der Waals surface area contributed by atoms with Gasteiger partial charge in [0.05, 0.1) is 6.10 Å². The first kappa shape index (κ1) is 10.5. The molecule has 0 saturated heterocycles. The largest absolute Gasteiger partial charge is 0.392 e. The fourth-order valence-corrected chi connectivity index (χ4v) is 2.80. The minimum Gasteiger partial charge on any atom is -0.392 e. The number of hydrogen-bond donors (Lipinski definition) is 1. The van der Waals surface area contributed by atoms with Gasteiger partial charge in [-0.25, -0.2) is 0 Å². The molecule has 1 heteroatoms. The molecule has 0 aromatic heterocycles. The fourth-order valence-electron chi connectivity index (χ4n) is 2.80. The summed E-state index contributed by atoms with van der Waals surface area (Å²) in [5, 5.41) is 10.3. The number of fused-ring (bicyclic) bond motifs is 1. The quantitative estimate of drug-likeness (QED) is 0.789. The van der Waals surface area contributed by atoms with Gasteiger partial charge in [0.25, 0.3) is 0 Å². The van der Waals surface area contributed by atoms with E-state index in [-0.39, 0.29) is 12.0 Å². The van der Waals surface area contributed by atoms with E-state index in [0.29, 0.717) is 0 Å². The minimum absolute atomic E-state index is 0.140. The maximum Gasteiger partial charge on any atom is 0.0652 e. The Kier molecular flexibility index (Phi) is 2.69. The molecule has 86 valence electrons. The van der Waals surface area contributed by atoms with Crippen LogP contribution in [0.3, 0.4) is 0 Å². The van der Waals surface area contributed by atoms with Crippen molar-refractivity contribution in [2.75, 3.05) is 0 Å². The first-order valence-electron chi connectivity index (χ1n) is 6.17. The van der Waals surface area contributed by atoms with Gasteiger partial charge in [-0.05, 0) is 29.5 Å². The molecular weight excluding hydrogens is 208 g/mol. The summed E-state index contributed by atoms with van der Waals surface area (Å²) in [5.41, 5.74) is 3.89. The molecule has 0 saturated carbocycles. The third-order valence-electron chi connectivity index (χ3n) is 3.64. The van der Waals surface area contributed by atoms with Gasteiger partial charge in [0.2, 0.25) is 0 Å². The van der Waals surface area contributed by atoms with Crippen LogP contribution in [0.2, 0.25) is 0 Å². The van der Waals surface area contributed by atoms with Crippen molar-refractivity contribution in [2.24, 2.45) is 0 Å². The molecule has 0 unspecified atom stereocenters. The van der Waals surface area contributed by atoms with Gasteiger partial charge in [0.1, 0.15) is 0 Å². The van der Waals surface area contributed by atoms with Crippen molar-refractivity contribution in [3.05, 3.63) is 71.3 Å². The molecule has 2 atom stereocenters. The summed E-state index contributed by atoms with van der Waals surface area (Å²) in [4.78, 5) is 0. The molecule has 17 heavy (non-hydrogen) atoms. The Balaban J connectivity index is 2.10. The normalized spacial score (nSPS) is 23.1. The highest BCUT2D eigenvalue weighted by molar-refractivity contribution is 5.41. The van der Waals surface area contributed by atoms with Crippen LogP contribution in [0.1, 0.15) is 29.0 Å². The van der Waals surface area contributed by atoms with Crippen LogP contribution in [0.25, 0.3) is 0 Å². The van der Waals surface area contributed by atoms with Crippen LogP contribution < -0.4 is 0 Å². The second kappa shape index (κ2) is 4.34. The number of aliphatic hydroxyl groups is 1. The highest BCUT2D eigenvalue weighted by Gasteiger charge is 2.28. The first-order chi connectivity index (χ1) is 8.36. The third-order valence-corrected chi connectivity index (χ3v) is 3.64. The Morgan fingerprint density at radius 2 is 1.59 bits per heavy atom. The van der Waals surface area contributed by atoms with Crippen molar-refractivity contribution in [1.82, 2.24) is 0 Å². The summed E-state index contributed by atoms with van der Waals surface area (Å²) < 4.78 is 0. The molecule has 1 aliphatic carbocycles. The van der Waals surface area contributed by atoms with Gasteiger partial charge >= 0.3 is 0 Å². The molecule has 3 rings (SSSR count). The van der Waals surface area contributed by atoms with E-state index in [4.69, 9.17) is 0 Å². The molecule has 0 fully saturated rings. The zero-order valence-electron chi connectivity index (χ0n) is 9.71. The maximum atomic E-state index is 10.3. The Morgan fingerprint density at radius 3 is 2.41 bits per heavy atom. The number of rotatable bonds is 1. The number of aryl methyl sites for hydroxylation is 1. The van der Waals surface area contributed by atoms with Crippen molar-refractivity contribution in [2.45, 2.75) is 24.9 Å². The lowest BCUT2D eigenvalue weighted by atomic mass is 9.77. The Hall–Kier alpha value is -1.60. The minimum atomic E-state index is -0.257. The summed E-state index contributed by atoms with van der Waals surface area (Å²) in [6, 6.07) is 18.8. The third kappa shape index (κ3) is 1.87. The average molecular weight is 224 g/mol. The second-order valence-electron chi connectivity index (χ2n) is 4.69. The van der Waals surface area contributed by atoms with Crippen LogP contribution in [0, 0.1) is 0 Å². The van der Waals surface area contributed by atoms with Crippen LogP contribution in [-0.4, -0.2) is 11.2 Å². The van der Waals surface area contributed by atoms with Gasteiger partial charge in [-0.2, -0.15) is 0 Å². The zero-order valence-corrected chi connectivity index (χ0v) is 9.71. The van der Waals surface area contributed by atoms with E-state index in [9.17, 15) is 5.11 Å². The van der Waals surface area contributed by atoms with E-state index >= 15 is 0 Å². The second-order valence-corrected chi connectivity index (χ2v) is 4.69. The van der Waals surface area contributed by atoms with Crippen LogP contribution in [0.5, 0.6) is 0 Å². The first-order valence-corrected chi connectivity index (χ1v) is 6.17. The molecule has 0 heterocycles. The average Bonchev–Trinajstić information content (AvgIpc) is 2.39. The molecule has 1 aliphatic rings. The number of aliphatic hydroxyl groups excluding tert-OH is 1. The highest BCUT2D eigenvalue weighted by Crippen LogP contribution is 2.36. The van der Waals surface area contributed by atoms with E-state index in [1.165, 1.54) is 16.7 Å². The van der Waals surface area contributed by atoms with Crippen molar-refractivity contribution >= 4 is 0 Å². The van der Waals surface area contributed by atoms with E-state index in [1.54, 1.807) is 0 Å². The molecule has 0 aliphatic heterocycles. The van der Waals surface area contributed by atoms with Gasteiger partial charge in [-0.3, -0.25) is 0 Å². The molecule has 1 N–H and O–H groups in total. The van der Waals surface area contributed by atoms with E-state index in [0.717, 1.165) is 12.8 Å². The van der Waals surface area contributed by atoms with Crippen molar-refractivity contribution < 1.29 is 5.11 Å². The standard InChI is InChI=1S/C16H16O/c17-15-11-10-12-6-4-5-9-14(12)16(15)13-7-2-1-3-8-13/h1-9,15-17H,10-11H2/t15-,16+/m0/s1. The predicted octanol–water partition coefficient (Wildman–Crippen LogP) is 3.13. The highest BCUT2D eigenvalue weighted by atomic mass is 16.3. The van der Waals surface area contributed by atoms with Crippen LogP contribution in [0.4, 0.5) is 0 Å². The van der Waals surface area contributed by atoms with Crippen LogP contribution in [-0.2, 0) is 6.42 Å². The summed E-state index contributed by atoms with van der Waals surface area (Å²) in [7, 11) is 0. The number of hydrogen-bond acceptors (Lipinski definition) is 1. The Labute approximate surface area is 102 Å². The smallest absolute Gasteiger partial charge is 0.0652 e. The SMILES string of the molecule is O[C@H]1CCc2ccccc2[C@H]1c1ccccc1. The molecule has 2 aromatic carbocycles. The summed E-state index contributed by atoms with van der Waals surface area (Å²) in [5.74, 6) is 0.140. The zero-order chi connectivity index (χ0) is 11.7. The van der Waals surface area contributed by atoms with Gasteiger partial charge in [0, 0.05) is 5.92 Å². The van der Waals surface area contributed by atoms with Crippen molar-refractivity contribution in [3.8, 4) is 0 Å². The number of benzene rings is 2. The predicted molar refractivity (Wildman–Crippen MR) is 69.1 cm³/mol. The topological polar surface area (TPSA) is 20.2 Å². The lowest BCUT2D eigenvalue weighted by Crippen LogP contribution is -2.26. The van der Waals surface area contributed by atoms with Crippen molar-refractivity contribution in [3.63, 3.8) is 0 Å². The van der Waals surface area contributed by atoms with Crippen LogP contribution >= 0.6 is 0 Å². The Morgan fingerprint density at radius 1 is 0.882 bits per heavy atom. The fraction of sp³-hybridized carbons (Fsp3) is 0.250. The molecule has 0 spiro atoms. The molecule has 0 radical (unpaired) electrons. The van der Waals surface area contributed by atoms with Crippen LogP contribution in [0.15, 0.2) is 54.6 Å². The van der Waals surface area contributed by atoms with E-state index in [2.05, 4.69) is 36.4 Å².